The number of aryl methyl sites for hydroxylation is 1. The van der Waals surface area contributed by atoms with Crippen LogP contribution in [0.2, 0.25) is 10.0 Å². The predicted molar refractivity (Wildman–Crippen MR) is 75.1 cm³/mol. The van der Waals surface area contributed by atoms with Gasteiger partial charge in [-0.3, -0.25) is 5.43 Å². The highest BCUT2D eigenvalue weighted by atomic mass is 35.5. The first-order valence-corrected chi connectivity index (χ1v) is 5.99. The first-order valence-electron chi connectivity index (χ1n) is 5.24. The molecule has 0 saturated heterocycles. The highest BCUT2D eigenvalue weighted by Crippen LogP contribution is 2.19. The third-order valence-electron chi connectivity index (χ3n) is 2.21. The van der Waals surface area contributed by atoms with Gasteiger partial charge in [0, 0.05) is 10.6 Å². The summed E-state index contributed by atoms with van der Waals surface area (Å²) in [6.45, 7) is 1.69. The molecule has 0 radical (unpaired) electrons. The molecule has 0 saturated carbocycles. The number of hydrogen-bond donors (Lipinski definition) is 2. The Morgan fingerprint density at radius 3 is 2.95 bits per heavy atom. The van der Waals surface area contributed by atoms with Crippen LogP contribution in [0.25, 0.3) is 0 Å². The van der Waals surface area contributed by atoms with E-state index in [1.54, 1.807) is 25.1 Å². The molecule has 2 N–H and O–H groups in total. The Labute approximate surface area is 118 Å². The quantitative estimate of drug-likeness (QED) is 0.672. The highest BCUT2D eigenvalue weighted by Gasteiger charge is 2.01. The lowest BCUT2D eigenvalue weighted by molar-refractivity contribution is 0.879. The first-order chi connectivity index (χ1) is 9.06. The number of nitrogens with one attached hydrogen (secondary N) is 2. The Balaban J connectivity index is 2.15. The van der Waals surface area contributed by atoms with Gasteiger partial charge in [-0.25, -0.2) is 9.89 Å². The molecular formula is C11H9Cl2N5O. The number of aromatic amines is 1. The van der Waals surface area contributed by atoms with Gasteiger partial charge in [0.2, 0.25) is 0 Å². The van der Waals surface area contributed by atoms with Crippen LogP contribution in [-0.2, 0) is 0 Å². The summed E-state index contributed by atoms with van der Waals surface area (Å²) in [5, 5.41) is 10.9. The lowest BCUT2D eigenvalue weighted by Gasteiger charge is -2.01. The summed E-state index contributed by atoms with van der Waals surface area (Å²) in [5.74, 6) is 0.282. The summed E-state index contributed by atoms with van der Waals surface area (Å²) in [6, 6.07) is 5.04. The first kappa shape index (κ1) is 13.5. The van der Waals surface area contributed by atoms with Gasteiger partial charge in [-0.2, -0.15) is 15.2 Å². The molecule has 2 aromatic rings. The van der Waals surface area contributed by atoms with E-state index < -0.39 is 5.69 Å². The van der Waals surface area contributed by atoms with E-state index >= 15 is 0 Å². The zero-order valence-electron chi connectivity index (χ0n) is 9.82. The van der Waals surface area contributed by atoms with Crippen molar-refractivity contribution in [2.24, 2.45) is 5.10 Å². The number of H-pyrrole nitrogens is 1. The summed E-state index contributed by atoms with van der Waals surface area (Å²) >= 11 is 11.8. The molecule has 0 aliphatic heterocycles. The molecule has 2 rings (SSSR count). The van der Waals surface area contributed by atoms with E-state index in [4.69, 9.17) is 23.2 Å². The summed E-state index contributed by atoms with van der Waals surface area (Å²) in [5.41, 5.74) is 3.30. The molecule has 6 nitrogen and oxygen atoms in total. The molecule has 0 aliphatic carbocycles. The number of anilines is 1. The fourth-order valence-corrected chi connectivity index (χ4v) is 1.72. The molecule has 1 aromatic carbocycles. The average molecular weight is 298 g/mol. The van der Waals surface area contributed by atoms with Crippen molar-refractivity contribution in [2.75, 3.05) is 5.43 Å². The van der Waals surface area contributed by atoms with Crippen LogP contribution in [0.5, 0.6) is 0 Å². The van der Waals surface area contributed by atoms with Crippen LogP contribution in [0, 0.1) is 6.92 Å². The standard InChI is InChI=1S/C11H9Cl2N5O/c1-6-10(15-11(19)18-16-6)17-14-5-7-2-3-8(12)4-9(7)13/h2-5H,1H3,(H2,15,17,18,19). The lowest BCUT2D eigenvalue weighted by Crippen LogP contribution is -2.15. The number of halogens is 2. The monoisotopic (exact) mass is 297 g/mol. The van der Waals surface area contributed by atoms with E-state index in [0.29, 0.717) is 21.3 Å². The molecule has 0 spiro atoms. The van der Waals surface area contributed by atoms with Crippen LogP contribution in [0.4, 0.5) is 5.82 Å². The van der Waals surface area contributed by atoms with Gasteiger partial charge in [-0.15, -0.1) is 0 Å². The molecule has 0 atom stereocenters. The second kappa shape index (κ2) is 5.81. The molecule has 0 fully saturated rings. The number of hydrogen-bond acceptors (Lipinski definition) is 5. The molecule has 0 unspecified atom stereocenters. The Kier molecular flexibility index (Phi) is 4.13. The largest absolute Gasteiger partial charge is 0.363 e. The Morgan fingerprint density at radius 1 is 1.42 bits per heavy atom. The van der Waals surface area contributed by atoms with Gasteiger partial charge in [0.1, 0.15) is 5.69 Å². The molecule has 1 heterocycles. The van der Waals surface area contributed by atoms with E-state index in [0.717, 1.165) is 0 Å². The predicted octanol–water partition coefficient (Wildman–Crippen LogP) is 2.23. The normalized spacial score (nSPS) is 10.9. The molecule has 98 valence electrons. The smallest absolute Gasteiger partial charge is 0.260 e. The second-order valence-corrected chi connectivity index (χ2v) is 4.45. The van der Waals surface area contributed by atoms with E-state index in [2.05, 4.69) is 25.7 Å². The maximum atomic E-state index is 11.0. The third-order valence-corrected chi connectivity index (χ3v) is 2.77. The molecule has 0 bridgehead atoms. The van der Waals surface area contributed by atoms with Gasteiger partial charge in [0.15, 0.2) is 5.82 Å². The van der Waals surface area contributed by atoms with E-state index in [1.807, 2.05) is 0 Å². The molecular weight excluding hydrogens is 289 g/mol. The van der Waals surface area contributed by atoms with E-state index in [9.17, 15) is 4.79 Å². The number of hydrazone groups is 1. The number of benzene rings is 1. The fourth-order valence-electron chi connectivity index (χ4n) is 1.27. The van der Waals surface area contributed by atoms with Crippen LogP contribution < -0.4 is 11.1 Å². The van der Waals surface area contributed by atoms with Gasteiger partial charge < -0.3 is 0 Å². The van der Waals surface area contributed by atoms with Crippen molar-refractivity contribution in [2.45, 2.75) is 6.92 Å². The molecule has 1 aromatic heterocycles. The van der Waals surface area contributed by atoms with Gasteiger partial charge in [0.05, 0.1) is 11.2 Å². The van der Waals surface area contributed by atoms with Crippen molar-refractivity contribution in [3.8, 4) is 0 Å². The van der Waals surface area contributed by atoms with Crippen molar-refractivity contribution >= 4 is 35.2 Å². The van der Waals surface area contributed by atoms with Crippen LogP contribution in [0.15, 0.2) is 28.1 Å². The van der Waals surface area contributed by atoms with Crippen LogP contribution in [0.3, 0.4) is 0 Å². The van der Waals surface area contributed by atoms with Crippen LogP contribution in [-0.4, -0.2) is 21.4 Å². The zero-order valence-corrected chi connectivity index (χ0v) is 11.3. The minimum Gasteiger partial charge on any atom is -0.260 e. The van der Waals surface area contributed by atoms with Crippen molar-refractivity contribution in [1.82, 2.24) is 15.2 Å². The second-order valence-electron chi connectivity index (χ2n) is 3.61. The minimum absolute atomic E-state index is 0.282. The number of aromatic nitrogens is 3. The topological polar surface area (TPSA) is 83.0 Å². The summed E-state index contributed by atoms with van der Waals surface area (Å²) in [7, 11) is 0. The lowest BCUT2D eigenvalue weighted by atomic mass is 10.2. The van der Waals surface area contributed by atoms with E-state index in [1.165, 1.54) is 6.21 Å². The number of rotatable bonds is 3. The van der Waals surface area contributed by atoms with Gasteiger partial charge in [-0.05, 0) is 19.1 Å². The maximum Gasteiger partial charge on any atom is 0.363 e. The van der Waals surface area contributed by atoms with Gasteiger partial charge in [0.25, 0.3) is 0 Å². The van der Waals surface area contributed by atoms with Crippen molar-refractivity contribution in [3.05, 3.63) is 50.0 Å². The SMILES string of the molecule is Cc1n[nH]c(=O)nc1NN=Cc1ccc(Cl)cc1Cl. The molecule has 0 aliphatic rings. The van der Waals surface area contributed by atoms with E-state index in [-0.39, 0.29) is 5.82 Å². The number of nitrogens with zero attached hydrogens (tertiary/aromatic N) is 3. The summed E-state index contributed by atoms with van der Waals surface area (Å²) in [6.07, 6.45) is 1.50. The fraction of sp³-hybridized carbons (Fsp3) is 0.0909. The minimum atomic E-state index is -0.548. The van der Waals surface area contributed by atoms with Crippen molar-refractivity contribution < 1.29 is 0 Å². The Hall–Kier alpha value is -1.92. The summed E-state index contributed by atoms with van der Waals surface area (Å²) in [4.78, 5) is 14.7. The molecule has 0 amide bonds. The van der Waals surface area contributed by atoms with Crippen LogP contribution in [0.1, 0.15) is 11.3 Å². The van der Waals surface area contributed by atoms with Crippen LogP contribution >= 0.6 is 23.2 Å². The highest BCUT2D eigenvalue weighted by molar-refractivity contribution is 6.36. The average Bonchev–Trinajstić information content (AvgIpc) is 2.36. The van der Waals surface area contributed by atoms with Gasteiger partial charge >= 0.3 is 5.69 Å². The van der Waals surface area contributed by atoms with Crippen molar-refractivity contribution in [3.63, 3.8) is 0 Å². The molecule has 19 heavy (non-hydrogen) atoms. The Morgan fingerprint density at radius 2 is 2.21 bits per heavy atom. The summed E-state index contributed by atoms with van der Waals surface area (Å²) < 4.78 is 0. The Bertz CT molecular complexity index is 683. The van der Waals surface area contributed by atoms with Gasteiger partial charge in [-0.1, -0.05) is 29.3 Å². The van der Waals surface area contributed by atoms with Crippen molar-refractivity contribution in [1.29, 1.82) is 0 Å². The third kappa shape index (κ3) is 3.52. The molecule has 8 heteroatoms. The zero-order chi connectivity index (χ0) is 13.8. The maximum absolute atomic E-state index is 11.0.